The Morgan fingerprint density at radius 2 is 2.22 bits per heavy atom. The fourth-order valence-electron chi connectivity index (χ4n) is 1.81. The van der Waals surface area contributed by atoms with Crippen LogP contribution >= 0.6 is 0 Å². The van der Waals surface area contributed by atoms with Crippen LogP contribution in [0.4, 0.5) is 0 Å². The second-order valence-corrected chi connectivity index (χ2v) is 3.95. The number of benzene rings is 1. The van der Waals surface area contributed by atoms with Crippen molar-refractivity contribution in [3.8, 4) is 5.75 Å². The van der Waals surface area contributed by atoms with Crippen molar-refractivity contribution in [2.75, 3.05) is 13.2 Å². The van der Waals surface area contributed by atoms with Crippen LogP contribution in [0.1, 0.15) is 19.8 Å². The number of nitrogens with one attached hydrogen (secondary N) is 1. The Morgan fingerprint density at radius 3 is 3.06 bits per heavy atom. The van der Waals surface area contributed by atoms with E-state index in [1.165, 1.54) is 0 Å². The van der Waals surface area contributed by atoms with Crippen molar-refractivity contribution in [1.82, 2.24) is 4.98 Å². The molecular formula is C14H17NO3. The monoisotopic (exact) mass is 247 g/mol. The van der Waals surface area contributed by atoms with Gasteiger partial charge in [-0.25, -0.2) is 0 Å². The first kappa shape index (κ1) is 12.5. The maximum Gasteiger partial charge on any atom is 0.305 e. The van der Waals surface area contributed by atoms with E-state index in [4.69, 9.17) is 9.47 Å². The molecule has 4 nitrogen and oxygen atoms in total. The fourth-order valence-corrected chi connectivity index (χ4v) is 1.81. The summed E-state index contributed by atoms with van der Waals surface area (Å²) in [5.41, 5.74) is 1.05. The molecule has 4 heteroatoms. The molecule has 96 valence electrons. The summed E-state index contributed by atoms with van der Waals surface area (Å²) in [4.78, 5) is 14.3. The van der Waals surface area contributed by atoms with Crippen LogP contribution in [-0.4, -0.2) is 24.2 Å². The molecule has 2 rings (SSSR count). The molecular weight excluding hydrogens is 230 g/mol. The molecule has 0 saturated carbocycles. The van der Waals surface area contributed by atoms with Crippen LogP contribution in [0.2, 0.25) is 0 Å². The number of carbonyl (C=O) groups is 1. The minimum absolute atomic E-state index is 0.166. The second-order valence-electron chi connectivity index (χ2n) is 3.95. The Balaban J connectivity index is 1.83. The smallest absolute Gasteiger partial charge is 0.305 e. The molecule has 0 unspecified atom stereocenters. The van der Waals surface area contributed by atoms with Gasteiger partial charge in [-0.2, -0.15) is 0 Å². The predicted molar refractivity (Wildman–Crippen MR) is 69.7 cm³/mol. The summed E-state index contributed by atoms with van der Waals surface area (Å²) in [6.07, 6.45) is 2.95. The van der Waals surface area contributed by atoms with E-state index >= 15 is 0 Å². The highest BCUT2D eigenvalue weighted by Gasteiger charge is 2.04. The van der Waals surface area contributed by atoms with Crippen LogP contribution in [0.15, 0.2) is 30.5 Å². The van der Waals surface area contributed by atoms with Crippen LogP contribution in [-0.2, 0) is 9.53 Å². The van der Waals surface area contributed by atoms with Crippen molar-refractivity contribution in [2.45, 2.75) is 19.8 Å². The summed E-state index contributed by atoms with van der Waals surface area (Å²) in [5, 5.41) is 1.06. The Kier molecular flexibility index (Phi) is 4.23. The second kappa shape index (κ2) is 6.10. The Bertz CT molecular complexity index is 518. The number of fused-ring (bicyclic) bond motifs is 1. The lowest BCUT2D eigenvalue weighted by Crippen LogP contribution is -2.06. The van der Waals surface area contributed by atoms with E-state index in [1.807, 2.05) is 30.5 Å². The molecule has 1 N–H and O–H groups in total. The first-order valence-corrected chi connectivity index (χ1v) is 6.16. The summed E-state index contributed by atoms with van der Waals surface area (Å²) in [6.45, 7) is 2.76. The summed E-state index contributed by atoms with van der Waals surface area (Å²) in [5.74, 6) is 0.679. The first-order chi connectivity index (χ1) is 8.81. The Hall–Kier alpha value is -1.97. The third-order valence-corrected chi connectivity index (χ3v) is 2.64. The van der Waals surface area contributed by atoms with Gasteiger partial charge >= 0.3 is 5.97 Å². The lowest BCUT2D eigenvalue weighted by Gasteiger charge is -2.07. The van der Waals surface area contributed by atoms with Gasteiger partial charge in [-0.15, -0.1) is 0 Å². The zero-order valence-corrected chi connectivity index (χ0v) is 10.4. The molecule has 0 spiro atoms. The van der Waals surface area contributed by atoms with Gasteiger partial charge in [0.05, 0.1) is 13.2 Å². The van der Waals surface area contributed by atoms with Gasteiger partial charge < -0.3 is 14.5 Å². The highest BCUT2D eigenvalue weighted by atomic mass is 16.5. The summed E-state index contributed by atoms with van der Waals surface area (Å²) < 4.78 is 10.5. The molecule has 0 bridgehead atoms. The van der Waals surface area contributed by atoms with E-state index in [-0.39, 0.29) is 5.97 Å². The number of hydrogen-bond acceptors (Lipinski definition) is 3. The summed E-state index contributed by atoms with van der Waals surface area (Å²) >= 11 is 0. The van der Waals surface area contributed by atoms with Gasteiger partial charge in [-0.05, 0) is 31.5 Å². The van der Waals surface area contributed by atoms with Crippen LogP contribution in [0, 0.1) is 0 Å². The number of esters is 1. The number of carbonyl (C=O) groups excluding carboxylic acids is 1. The van der Waals surface area contributed by atoms with Gasteiger partial charge in [0, 0.05) is 23.5 Å². The largest absolute Gasteiger partial charge is 0.493 e. The molecule has 1 aromatic carbocycles. The van der Waals surface area contributed by atoms with E-state index in [2.05, 4.69) is 4.98 Å². The molecule has 0 fully saturated rings. The number of ether oxygens (including phenoxy) is 2. The van der Waals surface area contributed by atoms with Crippen molar-refractivity contribution >= 4 is 16.9 Å². The molecule has 2 aromatic rings. The van der Waals surface area contributed by atoms with Gasteiger partial charge in [-0.3, -0.25) is 4.79 Å². The van der Waals surface area contributed by atoms with Crippen LogP contribution in [0.25, 0.3) is 10.9 Å². The quantitative estimate of drug-likeness (QED) is 0.630. The maximum absolute atomic E-state index is 11.1. The molecule has 0 radical (unpaired) electrons. The van der Waals surface area contributed by atoms with Crippen LogP contribution in [0.3, 0.4) is 0 Å². The Morgan fingerprint density at radius 1 is 1.33 bits per heavy atom. The minimum Gasteiger partial charge on any atom is -0.493 e. The van der Waals surface area contributed by atoms with Gasteiger partial charge in [0.1, 0.15) is 5.75 Å². The van der Waals surface area contributed by atoms with E-state index in [1.54, 1.807) is 6.92 Å². The van der Waals surface area contributed by atoms with Crippen molar-refractivity contribution < 1.29 is 14.3 Å². The third-order valence-electron chi connectivity index (χ3n) is 2.64. The SMILES string of the molecule is CCOC(=O)CCCOc1cccc2[nH]ccc12. The molecule has 0 atom stereocenters. The van der Waals surface area contributed by atoms with Crippen molar-refractivity contribution in [1.29, 1.82) is 0 Å². The molecule has 0 saturated heterocycles. The lowest BCUT2D eigenvalue weighted by molar-refractivity contribution is -0.143. The average molecular weight is 247 g/mol. The summed E-state index contributed by atoms with van der Waals surface area (Å²) in [6, 6.07) is 7.86. The lowest BCUT2D eigenvalue weighted by atomic mass is 10.2. The number of aromatic nitrogens is 1. The normalized spacial score (nSPS) is 10.5. The zero-order valence-electron chi connectivity index (χ0n) is 10.4. The maximum atomic E-state index is 11.1. The number of aromatic amines is 1. The number of H-pyrrole nitrogens is 1. The van der Waals surface area contributed by atoms with Crippen LogP contribution in [0.5, 0.6) is 5.75 Å². The van der Waals surface area contributed by atoms with Gasteiger partial charge in [0.2, 0.25) is 0 Å². The third kappa shape index (κ3) is 3.03. The standard InChI is InChI=1S/C14H17NO3/c1-2-17-14(16)7-4-10-18-13-6-3-5-12-11(13)8-9-15-12/h3,5-6,8-9,15H,2,4,7,10H2,1H3. The molecule has 0 aliphatic heterocycles. The van der Waals surface area contributed by atoms with E-state index in [9.17, 15) is 4.79 Å². The van der Waals surface area contributed by atoms with E-state index in [0.29, 0.717) is 26.1 Å². The van der Waals surface area contributed by atoms with Crippen molar-refractivity contribution in [3.63, 3.8) is 0 Å². The molecule has 0 amide bonds. The minimum atomic E-state index is -0.166. The van der Waals surface area contributed by atoms with Crippen molar-refractivity contribution in [2.24, 2.45) is 0 Å². The zero-order chi connectivity index (χ0) is 12.8. The highest BCUT2D eigenvalue weighted by Crippen LogP contribution is 2.24. The number of hydrogen-bond donors (Lipinski definition) is 1. The molecule has 0 aliphatic carbocycles. The van der Waals surface area contributed by atoms with Gasteiger partial charge in [0.25, 0.3) is 0 Å². The van der Waals surface area contributed by atoms with E-state index in [0.717, 1.165) is 16.7 Å². The van der Waals surface area contributed by atoms with Gasteiger partial charge in [-0.1, -0.05) is 6.07 Å². The first-order valence-electron chi connectivity index (χ1n) is 6.16. The topological polar surface area (TPSA) is 51.3 Å². The van der Waals surface area contributed by atoms with E-state index < -0.39 is 0 Å². The Labute approximate surface area is 106 Å². The average Bonchev–Trinajstić information content (AvgIpc) is 2.84. The van der Waals surface area contributed by atoms with Crippen LogP contribution < -0.4 is 4.74 Å². The number of rotatable bonds is 6. The molecule has 1 heterocycles. The molecule has 1 aromatic heterocycles. The summed E-state index contributed by atoms with van der Waals surface area (Å²) in [7, 11) is 0. The van der Waals surface area contributed by atoms with Crippen molar-refractivity contribution in [3.05, 3.63) is 30.5 Å². The molecule has 18 heavy (non-hydrogen) atoms. The molecule has 0 aliphatic rings. The predicted octanol–water partition coefficient (Wildman–Crippen LogP) is 2.89. The van der Waals surface area contributed by atoms with Gasteiger partial charge in [0.15, 0.2) is 0 Å². The fraction of sp³-hybridized carbons (Fsp3) is 0.357. The highest BCUT2D eigenvalue weighted by molar-refractivity contribution is 5.85.